The van der Waals surface area contributed by atoms with Crippen molar-refractivity contribution in [1.29, 1.82) is 0 Å². The molecular weight excluding hydrogens is 368 g/mol. The third-order valence-corrected chi connectivity index (χ3v) is 4.42. The van der Waals surface area contributed by atoms with E-state index in [0.717, 1.165) is 18.1 Å². The van der Waals surface area contributed by atoms with Crippen molar-refractivity contribution in [3.05, 3.63) is 65.2 Å². The van der Waals surface area contributed by atoms with E-state index in [1.165, 1.54) is 24.0 Å². The smallest absolute Gasteiger partial charge is 0.200 e. The molecule has 0 bridgehead atoms. The average Bonchev–Trinajstić information content (AvgIpc) is 2.64. The number of thioether (sulfide) groups is 1. The Labute approximate surface area is 162 Å². The van der Waals surface area contributed by atoms with Crippen LogP contribution >= 0.6 is 11.8 Å². The van der Waals surface area contributed by atoms with Crippen molar-refractivity contribution in [3.8, 4) is 5.75 Å². The topological polar surface area (TPSA) is 60.0 Å². The van der Waals surface area contributed by atoms with Gasteiger partial charge in [-0.25, -0.2) is 4.39 Å². The van der Waals surface area contributed by atoms with Gasteiger partial charge in [0.05, 0.1) is 12.8 Å². The maximum Gasteiger partial charge on any atom is 0.200 e. The second-order valence-electron chi connectivity index (χ2n) is 6.30. The molecule has 0 aliphatic carbocycles. The fourth-order valence-corrected chi connectivity index (χ4v) is 2.69. The molecule has 0 amide bonds. The number of hydrogen-bond donors (Lipinski definition) is 1. The molecule has 2 N–H and O–H groups in total. The molecule has 2 rings (SSSR count). The molecule has 2 aromatic carbocycles. The molecular formula is C20H23F2N3OS. The van der Waals surface area contributed by atoms with Crippen LogP contribution in [0.25, 0.3) is 0 Å². The highest BCUT2D eigenvalue weighted by Gasteiger charge is 2.11. The summed E-state index contributed by atoms with van der Waals surface area (Å²) in [6.45, 7) is 4.37. The molecule has 0 aliphatic rings. The molecule has 0 saturated heterocycles. The number of amidine groups is 1. The zero-order valence-corrected chi connectivity index (χ0v) is 16.2. The van der Waals surface area contributed by atoms with E-state index in [1.54, 1.807) is 0 Å². The molecule has 0 heterocycles. The first-order valence-electron chi connectivity index (χ1n) is 8.60. The highest BCUT2D eigenvalue weighted by atomic mass is 32.2. The lowest BCUT2D eigenvalue weighted by Crippen LogP contribution is -2.06. The minimum absolute atomic E-state index is 0.132. The van der Waals surface area contributed by atoms with Crippen molar-refractivity contribution in [2.24, 2.45) is 21.9 Å². The third-order valence-electron chi connectivity index (χ3n) is 3.56. The predicted octanol–water partition coefficient (Wildman–Crippen LogP) is 4.97. The van der Waals surface area contributed by atoms with Crippen LogP contribution in [0.1, 0.15) is 31.4 Å². The fraction of sp³-hybridized carbons (Fsp3) is 0.300. The minimum atomic E-state index is -1.00. The van der Waals surface area contributed by atoms with Gasteiger partial charge in [-0.15, -0.1) is 5.10 Å². The van der Waals surface area contributed by atoms with Crippen molar-refractivity contribution in [1.82, 2.24) is 0 Å². The SMILES string of the molecule is CC(C)CCOc1cc(C=NN=C(N)SCc2ccccc2)cc(F)c1F. The van der Waals surface area contributed by atoms with Gasteiger partial charge in [0.25, 0.3) is 0 Å². The first kappa shape index (κ1) is 20.9. The van der Waals surface area contributed by atoms with Crippen LogP contribution in [0.3, 0.4) is 0 Å². The minimum Gasteiger partial charge on any atom is -0.490 e. The average molecular weight is 391 g/mol. The van der Waals surface area contributed by atoms with Gasteiger partial charge in [0.1, 0.15) is 0 Å². The molecule has 0 saturated carbocycles. The quantitative estimate of drug-likeness (QED) is 0.393. The van der Waals surface area contributed by atoms with Gasteiger partial charge in [-0.3, -0.25) is 0 Å². The van der Waals surface area contributed by atoms with Crippen LogP contribution in [-0.2, 0) is 5.75 Å². The number of hydrogen-bond acceptors (Lipinski definition) is 4. The van der Waals surface area contributed by atoms with Gasteiger partial charge in [0.15, 0.2) is 16.7 Å². The van der Waals surface area contributed by atoms with E-state index in [-0.39, 0.29) is 10.9 Å². The first-order chi connectivity index (χ1) is 13.0. The van der Waals surface area contributed by atoms with Crippen molar-refractivity contribution in [2.45, 2.75) is 26.0 Å². The molecule has 2 aromatic rings. The summed E-state index contributed by atoms with van der Waals surface area (Å²) in [5.74, 6) is -1.04. The third kappa shape index (κ3) is 7.38. The fourth-order valence-electron chi connectivity index (χ4n) is 2.08. The zero-order valence-electron chi connectivity index (χ0n) is 15.4. The normalized spacial score (nSPS) is 12.1. The summed E-state index contributed by atoms with van der Waals surface area (Å²) < 4.78 is 32.9. The second kappa shape index (κ2) is 10.7. The van der Waals surface area contributed by atoms with E-state index >= 15 is 0 Å². The van der Waals surface area contributed by atoms with Gasteiger partial charge in [-0.1, -0.05) is 55.9 Å². The van der Waals surface area contributed by atoms with E-state index in [9.17, 15) is 8.78 Å². The van der Waals surface area contributed by atoms with Crippen LogP contribution in [-0.4, -0.2) is 18.0 Å². The van der Waals surface area contributed by atoms with Crippen LogP contribution in [0.5, 0.6) is 5.75 Å². The van der Waals surface area contributed by atoms with Gasteiger partial charge in [-0.2, -0.15) is 9.49 Å². The Morgan fingerprint density at radius 1 is 1.22 bits per heavy atom. The highest BCUT2D eigenvalue weighted by Crippen LogP contribution is 2.22. The number of nitrogens with zero attached hydrogens (tertiary/aromatic N) is 2. The van der Waals surface area contributed by atoms with Crippen molar-refractivity contribution < 1.29 is 13.5 Å². The van der Waals surface area contributed by atoms with E-state index in [2.05, 4.69) is 10.2 Å². The molecule has 0 spiro atoms. The zero-order chi connectivity index (χ0) is 19.6. The Hall–Kier alpha value is -2.41. The van der Waals surface area contributed by atoms with Crippen LogP contribution in [0.2, 0.25) is 0 Å². The summed E-state index contributed by atoms with van der Waals surface area (Å²) >= 11 is 1.34. The molecule has 27 heavy (non-hydrogen) atoms. The van der Waals surface area contributed by atoms with E-state index in [4.69, 9.17) is 10.5 Å². The number of rotatable bonds is 8. The number of benzene rings is 2. The molecule has 0 fully saturated rings. The first-order valence-corrected chi connectivity index (χ1v) is 9.59. The second-order valence-corrected chi connectivity index (χ2v) is 7.30. The molecule has 0 aromatic heterocycles. The van der Waals surface area contributed by atoms with Crippen LogP contribution in [0, 0.1) is 17.6 Å². The van der Waals surface area contributed by atoms with E-state index in [0.29, 0.717) is 23.8 Å². The summed E-state index contributed by atoms with van der Waals surface area (Å²) in [5.41, 5.74) is 7.27. The molecule has 0 atom stereocenters. The maximum atomic E-state index is 13.8. The Kier molecular flexibility index (Phi) is 8.26. The highest BCUT2D eigenvalue weighted by molar-refractivity contribution is 8.13. The lowest BCUT2D eigenvalue weighted by molar-refractivity contribution is 0.272. The molecule has 4 nitrogen and oxygen atoms in total. The summed E-state index contributed by atoms with van der Waals surface area (Å²) in [6, 6.07) is 12.3. The molecule has 0 aliphatic heterocycles. The van der Waals surface area contributed by atoms with Crippen molar-refractivity contribution >= 4 is 23.1 Å². The number of nitrogens with two attached hydrogens (primary N) is 1. The summed E-state index contributed by atoms with van der Waals surface area (Å²) in [5, 5.41) is 8.00. The Morgan fingerprint density at radius 2 is 1.96 bits per heavy atom. The molecule has 7 heteroatoms. The van der Waals surface area contributed by atoms with E-state index in [1.807, 2.05) is 44.2 Å². The molecule has 0 radical (unpaired) electrons. The Morgan fingerprint density at radius 3 is 2.67 bits per heavy atom. The summed E-state index contributed by atoms with van der Waals surface area (Å²) in [7, 11) is 0. The molecule has 144 valence electrons. The van der Waals surface area contributed by atoms with Crippen molar-refractivity contribution in [3.63, 3.8) is 0 Å². The molecule has 0 unspecified atom stereocenters. The lowest BCUT2D eigenvalue weighted by Gasteiger charge is -2.10. The van der Waals surface area contributed by atoms with Gasteiger partial charge in [0.2, 0.25) is 5.82 Å². The van der Waals surface area contributed by atoms with Crippen molar-refractivity contribution in [2.75, 3.05) is 6.61 Å². The lowest BCUT2D eigenvalue weighted by atomic mass is 10.1. The predicted molar refractivity (Wildman–Crippen MR) is 108 cm³/mol. The Balaban J connectivity index is 1.97. The van der Waals surface area contributed by atoms with Crippen LogP contribution < -0.4 is 10.5 Å². The van der Waals surface area contributed by atoms with E-state index < -0.39 is 11.6 Å². The van der Waals surface area contributed by atoms with Gasteiger partial charge < -0.3 is 10.5 Å². The standard InChI is InChI=1S/C20H23F2N3OS/c1-14(2)8-9-26-18-11-16(10-17(21)19(18)22)12-24-25-20(23)27-13-15-6-4-3-5-7-15/h3-7,10-12,14H,8-9,13H2,1-2H3,(H2,23,25). The summed E-state index contributed by atoms with van der Waals surface area (Å²) in [6.07, 6.45) is 2.06. The monoisotopic (exact) mass is 391 g/mol. The number of ether oxygens (including phenoxy) is 1. The summed E-state index contributed by atoms with van der Waals surface area (Å²) in [4.78, 5) is 0. The Bertz CT molecular complexity index is 795. The van der Waals surface area contributed by atoms with Crippen LogP contribution in [0.15, 0.2) is 52.7 Å². The van der Waals surface area contributed by atoms with Gasteiger partial charge in [0, 0.05) is 11.3 Å². The number of halogens is 2. The van der Waals surface area contributed by atoms with Gasteiger partial charge in [-0.05, 0) is 30.0 Å². The van der Waals surface area contributed by atoms with Crippen LogP contribution in [0.4, 0.5) is 8.78 Å². The van der Waals surface area contributed by atoms with Gasteiger partial charge >= 0.3 is 0 Å². The largest absolute Gasteiger partial charge is 0.490 e. The maximum absolute atomic E-state index is 13.8.